The van der Waals surface area contributed by atoms with E-state index in [9.17, 15) is 13.2 Å². The largest absolute Gasteiger partial charge is 0.386 e. The summed E-state index contributed by atoms with van der Waals surface area (Å²) in [4.78, 5) is 24.5. The van der Waals surface area contributed by atoms with Gasteiger partial charge in [-0.2, -0.15) is 4.98 Å². The van der Waals surface area contributed by atoms with Crippen LogP contribution < -0.4 is 22.5 Å². The first-order valence-electron chi connectivity index (χ1n) is 15.1. The van der Waals surface area contributed by atoms with Crippen molar-refractivity contribution in [1.29, 1.82) is 0 Å². The van der Waals surface area contributed by atoms with Gasteiger partial charge >= 0.3 is 5.69 Å². The molecular formula is C32H39ClFN7O3S. The van der Waals surface area contributed by atoms with Crippen LogP contribution in [-0.2, 0) is 16.3 Å². The van der Waals surface area contributed by atoms with Crippen LogP contribution in [-0.4, -0.2) is 59.4 Å². The highest BCUT2D eigenvalue weighted by Gasteiger charge is 2.31. The van der Waals surface area contributed by atoms with Crippen molar-refractivity contribution in [2.24, 2.45) is 22.4 Å². The van der Waals surface area contributed by atoms with Gasteiger partial charge in [-0.1, -0.05) is 44.0 Å². The number of rotatable bonds is 11. The molecule has 5 rings (SSSR count). The first-order chi connectivity index (χ1) is 21.4. The van der Waals surface area contributed by atoms with Crippen LogP contribution in [0.3, 0.4) is 0 Å². The van der Waals surface area contributed by atoms with E-state index in [1.165, 1.54) is 4.57 Å². The summed E-state index contributed by atoms with van der Waals surface area (Å²) in [5.74, 6) is 0.371. The van der Waals surface area contributed by atoms with E-state index >= 15 is 4.39 Å². The number of hydrogen-bond donors (Lipinski definition) is 4. The molecule has 1 aliphatic heterocycles. The van der Waals surface area contributed by atoms with Crippen molar-refractivity contribution in [2.75, 3.05) is 24.6 Å². The first-order valence-corrected chi connectivity index (χ1v) is 17.3. The highest BCUT2D eigenvalue weighted by Crippen LogP contribution is 2.32. The van der Waals surface area contributed by atoms with Crippen molar-refractivity contribution >= 4 is 38.3 Å². The fraction of sp³-hybridized carbons (Fsp3) is 0.406. The molecule has 3 heterocycles. The molecule has 13 heteroatoms. The molecule has 6 N–H and O–H groups in total. The van der Waals surface area contributed by atoms with Gasteiger partial charge in [0.05, 0.1) is 34.5 Å². The Morgan fingerprint density at radius 3 is 2.67 bits per heavy atom. The van der Waals surface area contributed by atoms with Gasteiger partial charge < -0.3 is 21.8 Å². The van der Waals surface area contributed by atoms with Crippen molar-refractivity contribution in [1.82, 2.24) is 19.9 Å². The number of halogens is 2. The maximum atomic E-state index is 15.1. The maximum absolute atomic E-state index is 15.1. The van der Waals surface area contributed by atoms with Gasteiger partial charge in [-0.25, -0.2) is 17.6 Å². The van der Waals surface area contributed by atoms with Gasteiger partial charge in [-0.15, -0.1) is 0 Å². The second kappa shape index (κ2) is 13.8. The van der Waals surface area contributed by atoms with Gasteiger partial charge in [-0.05, 0) is 66.6 Å². The number of aromatic amines is 1. The molecule has 2 aromatic heterocycles. The molecule has 0 spiro atoms. The summed E-state index contributed by atoms with van der Waals surface area (Å²) in [5, 5.41) is 4.08. The number of nitrogens with zero attached hydrogens (tertiary/aromatic N) is 3. The summed E-state index contributed by atoms with van der Waals surface area (Å²) in [6.07, 6.45) is 4.97. The van der Waals surface area contributed by atoms with E-state index in [-0.39, 0.29) is 29.1 Å². The average Bonchev–Trinajstić information content (AvgIpc) is 3.40. The fourth-order valence-electron chi connectivity index (χ4n) is 5.69. The number of aryl methyl sites for hydroxylation is 1. The zero-order chi connectivity index (χ0) is 32.3. The van der Waals surface area contributed by atoms with E-state index in [0.717, 1.165) is 30.4 Å². The third-order valence-electron chi connectivity index (χ3n) is 8.02. The molecule has 0 aliphatic carbocycles. The zero-order valence-electron chi connectivity index (χ0n) is 25.4. The lowest BCUT2D eigenvalue weighted by molar-refractivity contribution is 0.433. The number of H-pyrrole nitrogens is 1. The second-order valence-corrected chi connectivity index (χ2v) is 14.6. The molecule has 2 aromatic carbocycles. The molecule has 45 heavy (non-hydrogen) atoms. The van der Waals surface area contributed by atoms with Gasteiger partial charge in [0, 0.05) is 35.8 Å². The van der Waals surface area contributed by atoms with E-state index in [1.54, 1.807) is 48.7 Å². The second-order valence-electron chi connectivity index (χ2n) is 12.1. The van der Waals surface area contributed by atoms with E-state index in [1.807, 2.05) is 0 Å². The third kappa shape index (κ3) is 7.99. The first kappa shape index (κ1) is 32.8. The Kier molecular flexibility index (Phi) is 10.1. The maximum Gasteiger partial charge on any atom is 0.354 e. The van der Waals surface area contributed by atoms with Crippen LogP contribution in [0.1, 0.15) is 50.3 Å². The van der Waals surface area contributed by atoms with Gasteiger partial charge in [0.25, 0.3) is 0 Å². The highest BCUT2D eigenvalue weighted by molar-refractivity contribution is 7.91. The molecule has 2 atom stereocenters. The number of amidine groups is 1. The predicted molar refractivity (Wildman–Crippen MR) is 178 cm³/mol. The summed E-state index contributed by atoms with van der Waals surface area (Å²) in [6, 6.07) is 11.6. The van der Waals surface area contributed by atoms with Crippen LogP contribution in [0.25, 0.3) is 28.0 Å². The van der Waals surface area contributed by atoms with Gasteiger partial charge in [0.2, 0.25) is 0 Å². The number of nitrogens with one attached hydrogen (secondary N) is 2. The number of nitrogens with two attached hydrogens (primary N) is 2. The van der Waals surface area contributed by atoms with Crippen LogP contribution in [0.15, 0.2) is 58.4 Å². The van der Waals surface area contributed by atoms with Gasteiger partial charge in [-0.3, -0.25) is 9.56 Å². The van der Waals surface area contributed by atoms with Crippen LogP contribution in [0.5, 0.6) is 0 Å². The summed E-state index contributed by atoms with van der Waals surface area (Å²) >= 11 is 6.26. The molecule has 1 aliphatic rings. The van der Waals surface area contributed by atoms with Crippen LogP contribution in [0.4, 0.5) is 4.39 Å². The molecule has 0 saturated carbocycles. The average molecular weight is 656 g/mol. The number of hydrogen-bond acceptors (Lipinski definition) is 7. The lowest BCUT2D eigenvalue weighted by Crippen LogP contribution is -2.47. The Labute approximate surface area is 267 Å². The van der Waals surface area contributed by atoms with Crippen molar-refractivity contribution < 1.29 is 12.8 Å². The summed E-state index contributed by atoms with van der Waals surface area (Å²) in [7, 11) is -3.29. The Balaban J connectivity index is 1.37. The molecule has 1 saturated heterocycles. The highest BCUT2D eigenvalue weighted by atomic mass is 35.5. The third-order valence-corrected chi connectivity index (χ3v) is 10.0. The monoisotopic (exact) mass is 655 g/mol. The van der Waals surface area contributed by atoms with E-state index in [4.69, 9.17) is 23.1 Å². The Bertz CT molecular complexity index is 1870. The lowest BCUT2D eigenvalue weighted by Gasteiger charge is -2.31. The van der Waals surface area contributed by atoms with Gasteiger partial charge in [0.1, 0.15) is 11.5 Å². The topological polar surface area (TPSA) is 161 Å². The smallest absolute Gasteiger partial charge is 0.354 e. The SMILES string of the molecule is CC(C)CCCc1cc(Cl)c(F)c(-c2cc3cn(-c4ccc([C@@H]5CS(=O)(=O)C[C@@H](CCN=C(N)CN)N5)cc4)c(=O)nc3[nH]2)c1. The number of fused-ring (bicyclic) bond motifs is 1. The minimum absolute atomic E-state index is 0.0257. The Morgan fingerprint density at radius 1 is 1.20 bits per heavy atom. The van der Waals surface area contributed by atoms with Crippen molar-refractivity contribution in [2.45, 2.75) is 51.6 Å². The molecule has 0 bridgehead atoms. The van der Waals surface area contributed by atoms with Crippen molar-refractivity contribution in [3.63, 3.8) is 0 Å². The normalized spacial score (nSPS) is 18.6. The van der Waals surface area contributed by atoms with E-state index < -0.39 is 27.4 Å². The summed E-state index contributed by atoms with van der Waals surface area (Å²) in [6.45, 7) is 4.87. The molecule has 240 valence electrons. The number of sulfone groups is 1. The number of aliphatic imine (C=N–C) groups is 1. The van der Waals surface area contributed by atoms with E-state index in [0.29, 0.717) is 52.7 Å². The summed E-state index contributed by atoms with van der Waals surface area (Å²) < 4.78 is 41.9. The molecule has 0 radical (unpaired) electrons. The van der Waals surface area contributed by atoms with Crippen LogP contribution >= 0.6 is 11.6 Å². The minimum atomic E-state index is -3.29. The Hall–Kier alpha value is -3.58. The lowest BCUT2D eigenvalue weighted by atomic mass is 10.00. The van der Waals surface area contributed by atoms with Crippen LogP contribution in [0.2, 0.25) is 5.02 Å². The predicted octanol–water partition coefficient (Wildman–Crippen LogP) is 4.29. The molecule has 4 aromatic rings. The van der Waals surface area contributed by atoms with E-state index in [2.05, 4.69) is 34.1 Å². The number of benzene rings is 2. The van der Waals surface area contributed by atoms with Crippen molar-refractivity contribution in [3.8, 4) is 16.9 Å². The quantitative estimate of drug-likeness (QED) is 0.138. The Morgan fingerprint density at radius 2 is 1.96 bits per heavy atom. The molecule has 1 fully saturated rings. The zero-order valence-corrected chi connectivity index (χ0v) is 27.0. The molecule has 0 amide bonds. The number of aromatic nitrogens is 3. The molecule has 10 nitrogen and oxygen atoms in total. The van der Waals surface area contributed by atoms with Crippen LogP contribution in [0, 0.1) is 11.7 Å². The molecule has 0 unspecified atom stereocenters. The summed E-state index contributed by atoms with van der Waals surface area (Å²) in [5.41, 5.74) is 14.0. The fourth-order valence-corrected chi connectivity index (χ4v) is 7.74. The van der Waals surface area contributed by atoms with Gasteiger partial charge in [0.15, 0.2) is 15.7 Å². The van der Waals surface area contributed by atoms with Crippen molar-refractivity contribution in [3.05, 3.63) is 81.1 Å². The molecular weight excluding hydrogens is 617 g/mol. The standard InChI is InChI=1S/C32H39ClFN7O3S/c1-19(2)4-3-5-20-12-25(30(34)26(33)13-20)27-14-22-16-41(32(42)40-31(22)39-27)24-8-6-21(7-9-24)28-18-45(43,44)17-23(38-28)10-11-37-29(36)15-35/h6-9,12-14,16,19,23,28,38H,3-5,10-11,15,17-18,35H2,1-2H3,(H2,36,37)(H,39,40,42)/t23-,28+/m1/s1. The minimum Gasteiger partial charge on any atom is -0.386 e.